The highest BCUT2D eigenvalue weighted by atomic mass is 32.1. The van der Waals surface area contributed by atoms with Crippen LogP contribution in [-0.2, 0) is 11.3 Å². The Morgan fingerprint density at radius 1 is 1.42 bits per heavy atom. The van der Waals surface area contributed by atoms with Crippen molar-refractivity contribution in [1.82, 2.24) is 14.9 Å². The average molecular weight is 350 g/mol. The Bertz CT molecular complexity index is 714. The number of anilines is 1. The Hall–Kier alpha value is -1.90. The van der Waals surface area contributed by atoms with Crippen LogP contribution in [0.15, 0.2) is 23.8 Å². The zero-order valence-corrected chi connectivity index (χ0v) is 14.3. The van der Waals surface area contributed by atoms with Crippen LogP contribution in [0.5, 0.6) is 0 Å². The number of pyridine rings is 1. The van der Waals surface area contributed by atoms with Crippen LogP contribution in [0.2, 0.25) is 0 Å². The van der Waals surface area contributed by atoms with Crippen molar-refractivity contribution < 1.29 is 13.9 Å². The van der Waals surface area contributed by atoms with Crippen LogP contribution >= 0.6 is 11.3 Å². The molecule has 1 N–H and O–H groups in total. The maximum Gasteiger partial charge on any atom is 0.259 e. The summed E-state index contributed by atoms with van der Waals surface area (Å²) in [7, 11) is 0. The zero-order valence-electron chi connectivity index (χ0n) is 13.5. The summed E-state index contributed by atoms with van der Waals surface area (Å²) >= 11 is 1.35. The fourth-order valence-corrected chi connectivity index (χ4v) is 3.48. The molecule has 1 aliphatic rings. The molecule has 1 amide bonds. The molecule has 1 aliphatic heterocycles. The van der Waals surface area contributed by atoms with E-state index in [1.54, 1.807) is 0 Å². The fraction of sp³-hybridized carbons (Fsp3) is 0.438. The third-order valence-electron chi connectivity index (χ3n) is 3.62. The molecule has 0 saturated carbocycles. The van der Waals surface area contributed by atoms with Crippen molar-refractivity contribution in [3.8, 4) is 0 Å². The lowest BCUT2D eigenvalue weighted by molar-refractivity contribution is -0.0707. The number of amides is 1. The zero-order chi connectivity index (χ0) is 17.1. The Kier molecular flexibility index (Phi) is 5.17. The average Bonchev–Trinajstić information content (AvgIpc) is 2.93. The summed E-state index contributed by atoms with van der Waals surface area (Å²) in [5.41, 5.74) is 1.07. The van der Waals surface area contributed by atoms with Crippen LogP contribution in [0, 0.1) is 5.82 Å². The highest BCUT2D eigenvalue weighted by molar-refractivity contribution is 7.13. The number of halogens is 1. The second-order valence-electron chi connectivity index (χ2n) is 5.94. The number of ether oxygens (including phenoxy) is 1. The van der Waals surface area contributed by atoms with Gasteiger partial charge in [0.05, 0.1) is 29.7 Å². The van der Waals surface area contributed by atoms with Crippen LogP contribution < -0.4 is 5.32 Å². The van der Waals surface area contributed by atoms with Crippen molar-refractivity contribution in [2.24, 2.45) is 0 Å². The third-order valence-corrected chi connectivity index (χ3v) is 4.43. The molecule has 2 aromatic rings. The molecule has 8 heteroatoms. The minimum Gasteiger partial charge on any atom is -0.373 e. The van der Waals surface area contributed by atoms with Gasteiger partial charge in [-0.2, -0.15) is 0 Å². The molecular formula is C16H19FN4O2S. The molecule has 3 heterocycles. The van der Waals surface area contributed by atoms with Gasteiger partial charge in [0.2, 0.25) is 0 Å². The summed E-state index contributed by atoms with van der Waals surface area (Å²) in [5, 5.41) is 5.09. The van der Waals surface area contributed by atoms with Gasteiger partial charge in [0.15, 0.2) is 5.13 Å². The minimum atomic E-state index is -0.543. The number of nitrogens with one attached hydrogen (secondary N) is 1. The number of morpholine rings is 1. The fourth-order valence-electron chi connectivity index (χ4n) is 2.78. The predicted octanol–water partition coefficient (Wildman–Crippen LogP) is 2.54. The number of nitrogens with zero attached hydrogens (tertiary/aromatic N) is 3. The Morgan fingerprint density at radius 2 is 2.17 bits per heavy atom. The molecule has 2 atom stereocenters. The minimum absolute atomic E-state index is 0.169. The topological polar surface area (TPSA) is 67.4 Å². The summed E-state index contributed by atoms with van der Waals surface area (Å²) in [6, 6.07) is 1.15. The first-order chi connectivity index (χ1) is 11.5. The number of carbonyl (C=O) groups excluding carboxylic acids is 1. The number of thiazole rings is 1. The van der Waals surface area contributed by atoms with Gasteiger partial charge in [-0.3, -0.25) is 20.0 Å². The molecular weight excluding hydrogens is 331 g/mol. The first kappa shape index (κ1) is 16.9. The van der Waals surface area contributed by atoms with E-state index in [9.17, 15) is 9.18 Å². The van der Waals surface area contributed by atoms with Gasteiger partial charge in [0.1, 0.15) is 5.82 Å². The van der Waals surface area contributed by atoms with Crippen molar-refractivity contribution in [2.45, 2.75) is 32.6 Å². The van der Waals surface area contributed by atoms with Crippen LogP contribution in [-0.4, -0.2) is 46.1 Å². The van der Waals surface area contributed by atoms with E-state index in [1.807, 2.05) is 5.38 Å². The molecule has 24 heavy (non-hydrogen) atoms. The lowest BCUT2D eigenvalue weighted by atomic mass is 10.2. The van der Waals surface area contributed by atoms with E-state index in [2.05, 4.69) is 34.0 Å². The number of carbonyl (C=O) groups is 1. The van der Waals surface area contributed by atoms with Crippen molar-refractivity contribution in [1.29, 1.82) is 0 Å². The monoisotopic (exact) mass is 350 g/mol. The quantitative estimate of drug-likeness (QED) is 0.918. The number of rotatable bonds is 4. The number of hydrogen-bond donors (Lipinski definition) is 1. The van der Waals surface area contributed by atoms with E-state index in [4.69, 9.17) is 4.74 Å². The van der Waals surface area contributed by atoms with Crippen LogP contribution in [0.25, 0.3) is 0 Å². The molecule has 0 radical (unpaired) electrons. The SMILES string of the molecule is CC1CN(Cc2csc(NC(=O)c3cncc(F)c3)n2)CC(C)O1. The standard InChI is InChI=1S/C16H19FN4O2S/c1-10-6-21(7-11(2)23-10)8-14-9-24-16(19-14)20-15(22)12-3-13(17)5-18-4-12/h3-5,9-11H,6-8H2,1-2H3,(H,19,20,22). The van der Waals surface area contributed by atoms with Crippen molar-refractivity contribution >= 4 is 22.4 Å². The van der Waals surface area contributed by atoms with Crippen molar-refractivity contribution in [2.75, 3.05) is 18.4 Å². The highest BCUT2D eigenvalue weighted by Crippen LogP contribution is 2.20. The van der Waals surface area contributed by atoms with Gasteiger partial charge in [0.25, 0.3) is 5.91 Å². The first-order valence-corrected chi connectivity index (χ1v) is 8.61. The molecule has 2 unspecified atom stereocenters. The number of aromatic nitrogens is 2. The molecule has 128 valence electrons. The molecule has 0 spiro atoms. The largest absolute Gasteiger partial charge is 0.373 e. The van der Waals surface area contributed by atoms with E-state index in [0.29, 0.717) is 11.7 Å². The van der Waals surface area contributed by atoms with E-state index in [-0.39, 0.29) is 17.8 Å². The van der Waals surface area contributed by atoms with Crippen molar-refractivity contribution in [3.63, 3.8) is 0 Å². The summed E-state index contributed by atoms with van der Waals surface area (Å²) in [4.78, 5) is 22.5. The summed E-state index contributed by atoms with van der Waals surface area (Å²) in [6.07, 6.45) is 2.78. The molecule has 6 nitrogen and oxygen atoms in total. The second kappa shape index (κ2) is 7.33. The third kappa shape index (κ3) is 4.34. The molecule has 3 rings (SSSR count). The van der Waals surface area contributed by atoms with Gasteiger partial charge in [-0.25, -0.2) is 9.37 Å². The Balaban J connectivity index is 1.60. The van der Waals surface area contributed by atoms with Gasteiger partial charge >= 0.3 is 0 Å². The van der Waals surface area contributed by atoms with E-state index in [1.165, 1.54) is 17.5 Å². The van der Waals surface area contributed by atoms with Gasteiger partial charge in [-0.05, 0) is 19.9 Å². The molecule has 2 aromatic heterocycles. The van der Waals surface area contributed by atoms with Crippen LogP contribution in [0.3, 0.4) is 0 Å². The van der Waals surface area contributed by atoms with Crippen LogP contribution in [0.1, 0.15) is 29.9 Å². The molecule has 1 fully saturated rings. The smallest absolute Gasteiger partial charge is 0.259 e. The maximum absolute atomic E-state index is 13.1. The predicted molar refractivity (Wildman–Crippen MR) is 89.5 cm³/mol. The second-order valence-corrected chi connectivity index (χ2v) is 6.80. The summed E-state index contributed by atoms with van der Waals surface area (Å²) in [6.45, 7) is 6.55. The normalized spacial score (nSPS) is 21.6. The van der Waals surface area contributed by atoms with Gasteiger partial charge in [-0.15, -0.1) is 11.3 Å². The van der Waals surface area contributed by atoms with Crippen molar-refractivity contribution in [3.05, 3.63) is 40.9 Å². The molecule has 0 aliphatic carbocycles. The number of hydrogen-bond acceptors (Lipinski definition) is 6. The van der Waals surface area contributed by atoms with Gasteiger partial charge < -0.3 is 4.74 Å². The lowest BCUT2D eigenvalue weighted by Crippen LogP contribution is -2.44. The summed E-state index contributed by atoms with van der Waals surface area (Å²) < 4.78 is 18.8. The Morgan fingerprint density at radius 3 is 2.88 bits per heavy atom. The van der Waals surface area contributed by atoms with Gasteiger partial charge in [-0.1, -0.05) is 0 Å². The summed E-state index contributed by atoms with van der Waals surface area (Å²) in [5.74, 6) is -0.963. The Labute approximate surface area is 143 Å². The maximum atomic E-state index is 13.1. The molecule has 0 aromatic carbocycles. The van der Waals surface area contributed by atoms with Gasteiger partial charge in [0, 0.05) is 31.2 Å². The van der Waals surface area contributed by atoms with E-state index < -0.39 is 11.7 Å². The lowest BCUT2D eigenvalue weighted by Gasteiger charge is -2.34. The van der Waals surface area contributed by atoms with Crippen LogP contribution in [0.4, 0.5) is 9.52 Å². The highest BCUT2D eigenvalue weighted by Gasteiger charge is 2.22. The van der Waals surface area contributed by atoms with E-state index in [0.717, 1.165) is 31.0 Å². The molecule has 0 bridgehead atoms. The molecule has 1 saturated heterocycles. The van der Waals surface area contributed by atoms with E-state index >= 15 is 0 Å². The first-order valence-electron chi connectivity index (χ1n) is 7.73.